The van der Waals surface area contributed by atoms with E-state index < -0.39 is 6.04 Å². The quantitative estimate of drug-likeness (QED) is 0.786. The molecule has 0 bridgehead atoms. The molecule has 5 heteroatoms. The number of nitrogens with one attached hydrogen (secondary N) is 1. The standard InChI is InChI=1S/C15H25N3O2/c1-5-13(16)15(19)17-10-14(18(2)3)11-7-6-8-12(9-11)20-4/h6-9,13-14H,5,10,16H2,1-4H3,(H,17,19)/t13-,14?/m1/s1. The van der Waals surface area contributed by atoms with Gasteiger partial charge in [0.25, 0.3) is 0 Å². The minimum Gasteiger partial charge on any atom is -0.497 e. The SMILES string of the molecule is CC[C@@H](N)C(=O)NCC(c1cccc(OC)c1)N(C)C. The smallest absolute Gasteiger partial charge is 0.236 e. The number of ether oxygens (including phenoxy) is 1. The van der Waals surface area contributed by atoms with Gasteiger partial charge in [-0.2, -0.15) is 0 Å². The molecular weight excluding hydrogens is 254 g/mol. The van der Waals surface area contributed by atoms with E-state index in [1.807, 2.05) is 45.3 Å². The largest absolute Gasteiger partial charge is 0.497 e. The highest BCUT2D eigenvalue weighted by Gasteiger charge is 2.17. The van der Waals surface area contributed by atoms with Gasteiger partial charge in [0.05, 0.1) is 19.2 Å². The number of nitrogens with two attached hydrogens (primary N) is 1. The van der Waals surface area contributed by atoms with Gasteiger partial charge in [-0.05, 0) is 38.2 Å². The van der Waals surface area contributed by atoms with E-state index in [1.54, 1.807) is 7.11 Å². The lowest BCUT2D eigenvalue weighted by Gasteiger charge is -2.26. The van der Waals surface area contributed by atoms with E-state index in [2.05, 4.69) is 10.2 Å². The topological polar surface area (TPSA) is 67.6 Å². The van der Waals surface area contributed by atoms with E-state index in [-0.39, 0.29) is 11.9 Å². The Hall–Kier alpha value is -1.59. The van der Waals surface area contributed by atoms with Gasteiger partial charge in [0, 0.05) is 6.54 Å². The third kappa shape index (κ3) is 4.51. The molecule has 0 saturated heterocycles. The second kappa shape index (κ2) is 7.87. The normalized spacial score (nSPS) is 13.9. The molecule has 0 saturated carbocycles. The van der Waals surface area contributed by atoms with Crippen molar-refractivity contribution in [2.45, 2.75) is 25.4 Å². The van der Waals surface area contributed by atoms with Crippen LogP contribution >= 0.6 is 0 Å². The minimum atomic E-state index is -0.442. The van der Waals surface area contributed by atoms with Crippen molar-refractivity contribution >= 4 is 5.91 Å². The van der Waals surface area contributed by atoms with Crippen molar-refractivity contribution in [2.24, 2.45) is 5.73 Å². The molecule has 1 unspecified atom stereocenters. The number of carbonyl (C=O) groups excluding carboxylic acids is 1. The Bertz CT molecular complexity index is 435. The summed E-state index contributed by atoms with van der Waals surface area (Å²) in [6, 6.07) is 7.50. The van der Waals surface area contributed by atoms with Crippen molar-refractivity contribution in [1.29, 1.82) is 0 Å². The Kier molecular flexibility index (Phi) is 6.48. The van der Waals surface area contributed by atoms with Crippen LogP contribution in [0.4, 0.5) is 0 Å². The van der Waals surface area contributed by atoms with E-state index >= 15 is 0 Å². The van der Waals surface area contributed by atoms with Crippen molar-refractivity contribution in [3.63, 3.8) is 0 Å². The number of carbonyl (C=O) groups is 1. The molecular formula is C15H25N3O2. The molecule has 1 aromatic carbocycles. The molecule has 0 aromatic heterocycles. The molecule has 0 aliphatic carbocycles. The Morgan fingerprint density at radius 1 is 1.45 bits per heavy atom. The van der Waals surface area contributed by atoms with Crippen molar-refractivity contribution < 1.29 is 9.53 Å². The number of benzene rings is 1. The Balaban J connectivity index is 2.76. The highest BCUT2D eigenvalue weighted by molar-refractivity contribution is 5.81. The molecule has 3 N–H and O–H groups in total. The number of amides is 1. The second-order valence-corrected chi connectivity index (χ2v) is 5.02. The summed E-state index contributed by atoms with van der Waals surface area (Å²) in [5.74, 6) is 0.702. The van der Waals surface area contributed by atoms with Gasteiger partial charge >= 0.3 is 0 Å². The molecule has 0 heterocycles. The van der Waals surface area contributed by atoms with Gasteiger partial charge in [-0.3, -0.25) is 4.79 Å². The first-order valence-corrected chi connectivity index (χ1v) is 6.83. The van der Waals surface area contributed by atoms with Gasteiger partial charge in [-0.15, -0.1) is 0 Å². The van der Waals surface area contributed by atoms with Gasteiger partial charge in [-0.25, -0.2) is 0 Å². The molecule has 1 amide bonds. The van der Waals surface area contributed by atoms with Crippen molar-refractivity contribution in [3.05, 3.63) is 29.8 Å². The highest BCUT2D eigenvalue weighted by Crippen LogP contribution is 2.22. The van der Waals surface area contributed by atoms with Crippen LogP contribution in [0.25, 0.3) is 0 Å². The molecule has 20 heavy (non-hydrogen) atoms. The maximum Gasteiger partial charge on any atom is 0.236 e. The molecule has 0 aliphatic heterocycles. The molecule has 0 spiro atoms. The predicted octanol–water partition coefficient (Wildman–Crippen LogP) is 1.15. The summed E-state index contributed by atoms with van der Waals surface area (Å²) in [4.78, 5) is 13.8. The molecule has 112 valence electrons. The van der Waals surface area contributed by atoms with Crippen molar-refractivity contribution in [2.75, 3.05) is 27.7 Å². The Labute approximate surface area is 121 Å². The fourth-order valence-electron chi connectivity index (χ4n) is 1.96. The summed E-state index contributed by atoms with van der Waals surface area (Å²) in [5, 5.41) is 2.90. The Morgan fingerprint density at radius 3 is 2.70 bits per heavy atom. The van der Waals surface area contributed by atoms with E-state index in [4.69, 9.17) is 10.5 Å². The molecule has 2 atom stereocenters. The minimum absolute atomic E-state index is 0.0816. The highest BCUT2D eigenvalue weighted by atomic mass is 16.5. The van der Waals surface area contributed by atoms with E-state index in [0.717, 1.165) is 11.3 Å². The third-order valence-electron chi connectivity index (χ3n) is 3.35. The van der Waals surface area contributed by atoms with E-state index in [0.29, 0.717) is 13.0 Å². The maximum absolute atomic E-state index is 11.8. The summed E-state index contributed by atoms with van der Waals surface area (Å²) >= 11 is 0. The average molecular weight is 279 g/mol. The molecule has 1 aromatic rings. The van der Waals surface area contributed by atoms with Crippen LogP contribution in [-0.4, -0.2) is 44.6 Å². The number of hydrogen-bond donors (Lipinski definition) is 2. The number of methoxy groups -OCH3 is 1. The summed E-state index contributed by atoms with van der Waals surface area (Å²) in [6.07, 6.45) is 0.637. The molecule has 5 nitrogen and oxygen atoms in total. The lowest BCUT2D eigenvalue weighted by atomic mass is 10.1. The average Bonchev–Trinajstić information content (AvgIpc) is 2.46. The summed E-state index contributed by atoms with van der Waals surface area (Å²) in [5.41, 5.74) is 6.81. The van der Waals surface area contributed by atoms with Gasteiger partial charge in [-0.1, -0.05) is 19.1 Å². The fraction of sp³-hybridized carbons (Fsp3) is 0.533. The first-order chi connectivity index (χ1) is 9.49. The molecule has 0 radical (unpaired) electrons. The van der Waals surface area contributed by atoms with Crippen LogP contribution < -0.4 is 15.8 Å². The van der Waals surface area contributed by atoms with Crippen molar-refractivity contribution in [1.82, 2.24) is 10.2 Å². The van der Waals surface area contributed by atoms with Crippen LogP contribution in [-0.2, 0) is 4.79 Å². The van der Waals surface area contributed by atoms with E-state index in [1.165, 1.54) is 0 Å². The van der Waals surface area contributed by atoms with Crippen molar-refractivity contribution in [3.8, 4) is 5.75 Å². The van der Waals surface area contributed by atoms with Gasteiger partial charge in [0.15, 0.2) is 0 Å². The lowest BCUT2D eigenvalue weighted by molar-refractivity contribution is -0.122. The zero-order valence-corrected chi connectivity index (χ0v) is 12.7. The maximum atomic E-state index is 11.8. The van der Waals surface area contributed by atoms with E-state index in [9.17, 15) is 4.79 Å². The molecule has 1 rings (SSSR count). The molecule has 0 fully saturated rings. The van der Waals surface area contributed by atoms with Crippen LogP contribution in [0.3, 0.4) is 0 Å². The van der Waals surface area contributed by atoms with Gasteiger partial charge in [0.2, 0.25) is 5.91 Å². The summed E-state index contributed by atoms with van der Waals surface area (Å²) in [7, 11) is 5.61. The third-order valence-corrected chi connectivity index (χ3v) is 3.35. The number of likely N-dealkylation sites (N-methyl/N-ethyl adjacent to an activating group) is 1. The van der Waals surface area contributed by atoms with Crippen LogP contribution in [0, 0.1) is 0 Å². The fourth-order valence-corrected chi connectivity index (χ4v) is 1.96. The Morgan fingerprint density at radius 2 is 2.15 bits per heavy atom. The zero-order chi connectivity index (χ0) is 15.1. The number of rotatable bonds is 7. The summed E-state index contributed by atoms with van der Waals surface area (Å²) in [6.45, 7) is 2.42. The summed E-state index contributed by atoms with van der Waals surface area (Å²) < 4.78 is 5.24. The monoisotopic (exact) mass is 279 g/mol. The van der Waals surface area contributed by atoms with Gasteiger partial charge < -0.3 is 20.7 Å². The van der Waals surface area contributed by atoms with Crippen LogP contribution in [0.1, 0.15) is 24.9 Å². The number of nitrogens with zero attached hydrogens (tertiary/aromatic N) is 1. The van der Waals surface area contributed by atoms with Gasteiger partial charge in [0.1, 0.15) is 5.75 Å². The van der Waals surface area contributed by atoms with Crippen LogP contribution in [0.15, 0.2) is 24.3 Å². The van der Waals surface area contributed by atoms with Crippen LogP contribution in [0.5, 0.6) is 5.75 Å². The first kappa shape index (κ1) is 16.5. The first-order valence-electron chi connectivity index (χ1n) is 6.83. The second-order valence-electron chi connectivity index (χ2n) is 5.02. The zero-order valence-electron chi connectivity index (χ0n) is 12.7. The lowest BCUT2D eigenvalue weighted by Crippen LogP contribution is -2.43. The number of hydrogen-bond acceptors (Lipinski definition) is 4. The molecule has 0 aliphatic rings. The van der Waals surface area contributed by atoms with Crippen LogP contribution in [0.2, 0.25) is 0 Å². The predicted molar refractivity (Wildman–Crippen MR) is 80.7 cm³/mol.